The van der Waals surface area contributed by atoms with Crippen LogP contribution in [0.4, 0.5) is 4.79 Å². The summed E-state index contributed by atoms with van der Waals surface area (Å²) in [5, 5.41) is 5.24. The third-order valence-corrected chi connectivity index (χ3v) is 5.85. The largest absolute Gasteiger partial charge is 0.491 e. The van der Waals surface area contributed by atoms with Crippen LogP contribution in [0.5, 0.6) is 5.75 Å². The molecule has 2 amide bonds. The van der Waals surface area contributed by atoms with E-state index < -0.39 is 17.2 Å². The summed E-state index contributed by atoms with van der Waals surface area (Å²) < 4.78 is 11.5. The number of hydrogen-bond acceptors (Lipinski definition) is 5. The smallest absolute Gasteiger partial charge is 0.410 e. The van der Waals surface area contributed by atoms with Gasteiger partial charge in [0, 0.05) is 16.6 Å². The predicted molar refractivity (Wildman–Crippen MR) is 136 cm³/mol. The number of nitrogens with zero attached hydrogens (tertiary/aromatic N) is 2. The van der Waals surface area contributed by atoms with Crippen molar-refractivity contribution in [2.45, 2.75) is 59.2 Å². The van der Waals surface area contributed by atoms with Gasteiger partial charge in [0.15, 0.2) is 0 Å². The molecule has 1 aliphatic rings. The van der Waals surface area contributed by atoms with E-state index in [9.17, 15) is 9.59 Å². The number of hydrogen-bond donors (Lipinski definition) is 1. The minimum atomic E-state index is -0.737. The summed E-state index contributed by atoms with van der Waals surface area (Å²) in [5.41, 5.74) is 1.56. The second-order valence-electron chi connectivity index (χ2n) is 10.5. The number of carbonyl (C=O) groups is 2. The first-order valence-corrected chi connectivity index (χ1v) is 11.9. The number of benzene rings is 2. The van der Waals surface area contributed by atoms with Crippen LogP contribution in [0.3, 0.4) is 0 Å². The Kier molecular flexibility index (Phi) is 6.45. The molecule has 7 nitrogen and oxygen atoms in total. The van der Waals surface area contributed by atoms with Crippen LogP contribution in [0.15, 0.2) is 48.5 Å². The van der Waals surface area contributed by atoms with E-state index in [2.05, 4.69) is 5.32 Å². The zero-order valence-electron chi connectivity index (χ0n) is 21.3. The van der Waals surface area contributed by atoms with Gasteiger partial charge in [-0.2, -0.15) is 0 Å². The van der Waals surface area contributed by atoms with Crippen LogP contribution in [-0.4, -0.2) is 40.6 Å². The first-order chi connectivity index (χ1) is 16.4. The van der Waals surface area contributed by atoms with Crippen LogP contribution >= 0.6 is 0 Å². The van der Waals surface area contributed by atoms with Crippen LogP contribution in [0, 0.1) is 6.92 Å². The molecule has 0 radical (unpaired) electrons. The number of para-hydroxylation sites is 1. The molecule has 0 bridgehead atoms. The third kappa shape index (κ3) is 5.39. The molecule has 184 valence electrons. The van der Waals surface area contributed by atoms with E-state index in [1.54, 1.807) is 11.0 Å². The molecule has 2 aromatic carbocycles. The summed E-state index contributed by atoms with van der Waals surface area (Å²) in [6.07, 6.45) is -0.401. The topological polar surface area (TPSA) is 80.8 Å². The Bertz CT molecular complexity index is 1280. The molecule has 1 N–H and O–H groups in total. The van der Waals surface area contributed by atoms with Crippen molar-refractivity contribution in [2.75, 3.05) is 13.2 Å². The molecule has 2 heterocycles. The maximum atomic E-state index is 13.5. The summed E-state index contributed by atoms with van der Waals surface area (Å²) in [7, 11) is 0. The summed E-state index contributed by atoms with van der Waals surface area (Å²) in [5.74, 6) is 0.235. The fourth-order valence-electron chi connectivity index (χ4n) is 4.30. The number of pyridine rings is 1. The van der Waals surface area contributed by atoms with Crippen molar-refractivity contribution >= 4 is 22.8 Å². The summed E-state index contributed by atoms with van der Waals surface area (Å²) in [6.45, 7) is 12.3. The molecule has 0 fully saturated rings. The number of amides is 2. The number of nitrogens with one attached hydrogen (secondary N) is 1. The number of aryl methyl sites for hydroxylation is 1. The van der Waals surface area contributed by atoms with Gasteiger partial charge >= 0.3 is 6.09 Å². The lowest BCUT2D eigenvalue weighted by Crippen LogP contribution is -2.42. The number of rotatable bonds is 3. The number of ether oxygens (including phenoxy) is 2. The molecular formula is C28H33N3O4. The second-order valence-corrected chi connectivity index (χ2v) is 10.5. The maximum Gasteiger partial charge on any atom is 0.410 e. The highest BCUT2D eigenvalue weighted by molar-refractivity contribution is 5.98. The lowest BCUT2D eigenvalue weighted by molar-refractivity contribution is 0.0225. The Labute approximate surface area is 206 Å². The van der Waals surface area contributed by atoms with Gasteiger partial charge in [0.1, 0.15) is 18.0 Å². The van der Waals surface area contributed by atoms with Gasteiger partial charge in [0.05, 0.1) is 29.9 Å². The Balaban J connectivity index is 1.61. The van der Waals surface area contributed by atoms with E-state index in [-0.39, 0.29) is 12.5 Å². The zero-order valence-corrected chi connectivity index (χ0v) is 21.3. The fourth-order valence-corrected chi connectivity index (χ4v) is 4.30. The number of carbonyl (C=O) groups excluding carboxylic acids is 2. The minimum Gasteiger partial charge on any atom is -0.491 e. The van der Waals surface area contributed by atoms with Gasteiger partial charge in [-0.15, -0.1) is 0 Å². The highest BCUT2D eigenvalue weighted by Crippen LogP contribution is 2.31. The monoisotopic (exact) mass is 475 g/mol. The third-order valence-electron chi connectivity index (χ3n) is 5.85. The number of aromatic nitrogens is 1. The van der Waals surface area contributed by atoms with Crippen molar-refractivity contribution in [1.82, 2.24) is 15.2 Å². The lowest BCUT2D eigenvalue weighted by atomic mass is 9.93. The minimum absolute atomic E-state index is 0.259. The van der Waals surface area contributed by atoms with E-state index >= 15 is 0 Å². The van der Waals surface area contributed by atoms with E-state index in [0.29, 0.717) is 24.4 Å². The van der Waals surface area contributed by atoms with Crippen molar-refractivity contribution in [3.8, 4) is 5.75 Å². The Hall–Kier alpha value is -3.61. The van der Waals surface area contributed by atoms with Crippen molar-refractivity contribution < 1.29 is 19.1 Å². The van der Waals surface area contributed by atoms with E-state index in [1.807, 2.05) is 84.0 Å². The Morgan fingerprint density at radius 2 is 1.80 bits per heavy atom. The van der Waals surface area contributed by atoms with E-state index in [1.165, 1.54) is 0 Å². The van der Waals surface area contributed by atoms with Crippen LogP contribution < -0.4 is 10.1 Å². The highest BCUT2D eigenvalue weighted by Gasteiger charge is 2.31. The zero-order chi connectivity index (χ0) is 25.4. The highest BCUT2D eigenvalue weighted by atomic mass is 16.6. The average molecular weight is 476 g/mol. The number of fused-ring (bicyclic) bond motifs is 2. The summed E-state index contributed by atoms with van der Waals surface area (Å²) in [4.78, 5) is 32.5. The first kappa shape index (κ1) is 24.5. The van der Waals surface area contributed by atoms with Gasteiger partial charge in [-0.1, -0.05) is 36.4 Å². The Morgan fingerprint density at radius 3 is 2.54 bits per heavy atom. The summed E-state index contributed by atoms with van der Waals surface area (Å²) in [6, 6.07) is 15.5. The lowest BCUT2D eigenvalue weighted by Gasteiger charge is -2.28. The molecule has 35 heavy (non-hydrogen) atoms. The standard InChI is InChI=1S/C28H33N3O4/c1-18-16-19-10-7-8-12-21(19)24(29-18)28(5,6)30-25(32)22-13-9-11-20-17-31(14-15-34-23(20)22)26(33)35-27(2,3)4/h7-13,16H,14-15,17H2,1-6H3,(H,30,32). The molecule has 0 spiro atoms. The van der Waals surface area contributed by atoms with Gasteiger partial charge in [0.2, 0.25) is 0 Å². The van der Waals surface area contributed by atoms with Gasteiger partial charge < -0.3 is 19.7 Å². The molecule has 0 aliphatic carbocycles. The predicted octanol–water partition coefficient (Wildman–Crippen LogP) is 5.34. The van der Waals surface area contributed by atoms with Gasteiger partial charge in [0.25, 0.3) is 5.91 Å². The Morgan fingerprint density at radius 1 is 1.06 bits per heavy atom. The van der Waals surface area contributed by atoms with Crippen LogP contribution in [0.25, 0.3) is 10.8 Å². The van der Waals surface area contributed by atoms with Gasteiger partial charge in [-0.3, -0.25) is 9.78 Å². The molecule has 1 aromatic heterocycles. The first-order valence-electron chi connectivity index (χ1n) is 11.9. The van der Waals surface area contributed by atoms with Gasteiger partial charge in [-0.05, 0) is 59.1 Å². The quantitative estimate of drug-likeness (QED) is 0.553. The van der Waals surface area contributed by atoms with Crippen molar-refractivity contribution in [3.63, 3.8) is 0 Å². The molecule has 0 saturated heterocycles. The van der Waals surface area contributed by atoms with E-state index in [4.69, 9.17) is 14.5 Å². The second kappa shape index (κ2) is 9.21. The molecule has 7 heteroatoms. The molecule has 0 saturated carbocycles. The molecule has 0 unspecified atom stereocenters. The molecule has 4 rings (SSSR count). The van der Waals surface area contributed by atoms with Crippen LogP contribution in [0.2, 0.25) is 0 Å². The van der Waals surface area contributed by atoms with Gasteiger partial charge in [-0.25, -0.2) is 4.79 Å². The molecule has 1 aliphatic heterocycles. The molecular weight excluding hydrogens is 442 g/mol. The van der Waals surface area contributed by atoms with Crippen molar-refractivity contribution in [3.05, 3.63) is 71.0 Å². The fraction of sp³-hybridized carbons (Fsp3) is 0.393. The average Bonchev–Trinajstić information content (AvgIpc) is 2.99. The normalized spacial score (nSPS) is 14.1. The SMILES string of the molecule is Cc1cc2ccccc2c(C(C)(C)NC(=O)c2cccc3c2OCCN(C(=O)OC(C)(C)C)C3)n1. The maximum absolute atomic E-state index is 13.5. The van der Waals surface area contributed by atoms with Crippen molar-refractivity contribution in [1.29, 1.82) is 0 Å². The van der Waals surface area contributed by atoms with Crippen molar-refractivity contribution in [2.24, 2.45) is 0 Å². The van der Waals surface area contributed by atoms with E-state index in [0.717, 1.165) is 27.7 Å². The molecule has 0 atom stereocenters. The summed E-state index contributed by atoms with van der Waals surface area (Å²) >= 11 is 0. The molecule has 3 aromatic rings. The van der Waals surface area contributed by atoms with Crippen LogP contribution in [0.1, 0.15) is 61.9 Å². The van der Waals surface area contributed by atoms with Crippen LogP contribution in [-0.2, 0) is 16.8 Å².